The predicted molar refractivity (Wildman–Crippen MR) is 70.5 cm³/mol. The minimum Gasteiger partial charge on any atom is -0.480 e. The van der Waals surface area contributed by atoms with Gasteiger partial charge in [0.05, 0.1) is 7.11 Å². The van der Waals surface area contributed by atoms with E-state index < -0.39 is 33.8 Å². The van der Waals surface area contributed by atoms with Crippen molar-refractivity contribution in [2.45, 2.75) is 12.5 Å². The van der Waals surface area contributed by atoms with Crippen LogP contribution in [-0.4, -0.2) is 44.4 Å². The van der Waals surface area contributed by atoms with E-state index in [1.807, 2.05) is 4.72 Å². The van der Waals surface area contributed by atoms with Crippen molar-refractivity contribution in [3.8, 4) is 0 Å². The van der Waals surface area contributed by atoms with Gasteiger partial charge in [-0.25, -0.2) is 13.1 Å². The summed E-state index contributed by atoms with van der Waals surface area (Å²) in [5.74, 6) is -3.38. The van der Waals surface area contributed by atoms with Crippen LogP contribution in [-0.2, 0) is 30.8 Å². The van der Waals surface area contributed by atoms with Gasteiger partial charge in [0.25, 0.3) is 0 Å². The standard InChI is InChI=1S/C12H15NO6S/c1-19-12(16)10(7-9-5-3-2-4-6-9)13-20(17,18)8-11(14)15/h2-6,10,13H,7-8H2,1H3,(H,14,15). The lowest BCUT2D eigenvalue weighted by Gasteiger charge is -2.16. The van der Waals surface area contributed by atoms with Crippen LogP contribution < -0.4 is 4.72 Å². The Morgan fingerprint density at radius 3 is 2.40 bits per heavy atom. The van der Waals surface area contributed by atoms with Crippen molar-refractivity contribution in [1.82, 2.24) is 4.72 Å². The zero-order valence-corrected chi connectivity index (χ0v) is 11.6. The van der Waals surface area contributed by atoms with Crippen LogP contribution in [0.1, 0.15) is 5.56 Å². The number of esters is 1. The molecule has 1 aromatic rings. The minimum atomic E-state index is -4.11. The van der Waals surface area contributed by atoms with Gasteiger partial charge in [0.1, 0.15) is 6.04 Å². The summed E-state index contributed by atoms with van der Waals surface area (Å²) >= 11 is 0. The van der Waals surface area contributed by atoms with Crippen LogP contribution in [0.5, 0.6) is 0 Å². The topological polar surface area (TPSA) is 110 Å². The summed E-state index contributed by atoms with van der Waals surface area (Å²) in [6.45, 7) is 0. The second-order valence-corrected chi connectivity index (χ2v) is 5.79. The van der Waals surface area contributed by atoms with E-state index in [0.29, 0.717) is 0 Å². The lowest BCUT2D eigenvalue weighted by Crippen LogP contribution is -2.44. The Kier molecular flexibility index (Phi) is 5.66. The number of carbonyl (C=O) groups is 2. The van der Waals surface area contributed by atoms with Gasteiger partial charge >= 0.3 is 11.9 Å². The maximum Gasteiger partial charge on any atom is 0.324 e. The van der Waals surface area contributed by atoms with Gasteiger partial charge in [-0.1, -0.05) is 30.3 Å². The van der Waals surface area contributed by atoms with Crippen LogP contribution in [0.4, 0.5) is 0 Å². The molecule has 0 aliphatic heterocycles. The third-order valence-corrected chi connectivity index (χ3v) is 3.67. The van der Waals surface area contributed by atoms with Crippen molar-refractivity contribution in [2.75, 3.05) is 12.9 Å². The fourth-order valence-corrected chi connectivity index (χ4v) is 2.61. The molecule has 0 bridgehead atoms. The lowest BCUT2D eigenvalue weighted by molar-refractivity contribution is -0.142. The second kappa shape index (κ2) is 7.01. The highest BCUT2D eigenvalue weighted by Gasteiger charge is 2.27. The normalized spacial score (nSPS) is 12.7. The van der Waals surface area contributed by atoms with Gasteiger partial charge in [-0.15, -0.1) is 0 Å². The quantitative estimate of drug-likeness (QED) is 0.673. The average molecular weight is 301 g/mol. The average Bonchev–Trinajstić information content (AvgIpc) is 2.36. The second-order valence-electron chi connectivity index (χ2n) is 4.04. The van der Waals surface area contributed by atoms with Gasteiger partial charge in [0, 0.05) is 0 Å². The number of carboxylic acid groups (broad SMARTS) is 1. The molecule has 8 heteroatoms. The number of ether oxygens (including phenoxy) is 1. The smallest absolute Gasteiger partial charge is 0.324 e. The number of carboxylic acids is 1. The van der Waals surface area contributed by atoms with Crippen molar-refractivity contribution in [3.63, 3.8) is 0 Å². The summed E-state index contributed by atoms with van der Waals surface area (Å²) in [6, 6.07) is 7.56. The first-order valence-corrected chi connectivity index (χ1v) is 7.33. The van der Waals surface area contributed by atoms with E-state index in [1.54, 1.807) is 30.3 Å². The zero-order chi connectivity index (χ0) is 15.2. The zero-order valence-electron chi connectivity index (χ0n) is 10.8. The van der Waals surface area contributed by atoms with Crippen molar-refractivity contribution in [1.29, 1.82) is 0 Å². The molecule has 2 N–H and O–H groups in total. The number of sulfonamides is 1. The maximum atomic E-state index is 11.6. The monoisotopic (exact) mass is 301 g/mol. The summed E-state index contributed by atoms with van der Waals surface area (Å²) in [5, 5.41) is 8.51. The summed E-state index contributed by atoms with van der Waals surface area (Å²) < 4.78 is 29.7. The number of hydrogen-bond donors (Lipinski definition) is 2. The fraction of sp³-hybridized carbons (Fsp3) is 0.333. The van der Waals surface area contributed by atoms with Crippen molar-refractivity contribution >= 4 is 22.0 Å². The molecule has 7 nitrogen and oxygen atoms in total. The van der Waals surface area contributed by atoms with Crippen LogP contribution in [0.15, 0.2) is 30.3 Å². The molecule has 20 heavy (non-hydrogen) atoms. The molecule has 0 fully saturated rings. The van der Waals surface area contributed by atoms with E-state index in [-0.39, 0.29) is 6.42 Å². The number of carbonyl (C=O) groups excluding carboxylic acids is 1. The highest BCUT2D eigenvalue weighted by atomic mass is 32.2. The number of nitrogens with one attached hydrogen (secondary N) is 1. The van der Waals surface area contributed by atoms with Crippen LogP contribution in [0.2, 0.25) is 0 Å². The maximum absolute atomic E-state index is 11.6. The summed E-state index contributed by atoms with van der Waals surface area (Å²) in [4.78, 5) is 22.0. The molecule has 0 amide bonds. The Labute approximate surface area is 116 Å². The van der Waals surface area contributed by atoms with Gasteiger partial charge in [0.15, 0.2) is 5.75 Å². The van der Waals surface area contributed by atoms with E-state index in [0.717, 1.165) is 12.7 Å². The van der Waals surface area contributed by atoms with Gasteiger partial charge < -0.3 is 9.84 Å². The highest BCUT2D eigenvalue weighted by molar-refractivity contribution is 7.90. The van der Waals surface area contributed by atoms with E-state index in [2.05, 4.69) is 4.74 Å². The third kappa shape index (κ3) is 5.37. The van der Waals surface area contributed by atoms with Crippen molar-refractivity contribution < 1.29 is 27.9 Å². The van der Waals surface area contributed by atoms with Gasteiger partial charge in [-0.2, -0.15) is 0 Å². The first-order valence-electron chi connectivity index (χ1n) is 5.67. The Morgan fingerprint density at radius 2 is 1.90 bits per heavy atom. The number of methoxy groups -OCH3 is 1. The van der Waals surface area contributed by atoms with Gasteiger partial charge in [-0.05, 0) is 12.0 Å². The predicted octanol–water partition coefficient (Wildman–Crippen LogP) is -0.225. The molecule has 0 saturated heterocycles. The molecular formula is C12H15NO6S. The Bertz CT molecular complexity index is 569. The van der Waals surface area contributed by atoms with E-state index >= 15 is 0 Å². The molecule has 0 aliphatic carbocycles. The van der Waals surface area contributed by atoms with Crippen LogP contribution in [0, 0.1) is 0 Å². The molecule has 1 rings (SSSR count). The highest BCUT2D eigenvalue weighted by Crippen LogP contribution is 2.06. The van der Waals surface area contributed by atoms with E-state index in [4.69, 9.17) is 5.11 Å². The van der Waals surface area contributed by atoms with Crippen molar-refractivity contribution in [3.05, 3.63) is 35.9 Å². The Hall–Kier alpha value is -1.93. The molecular weight excluding hydrogens is 286 g/mol. The molecule has 0 aliphatic rings. The number of aliphatic carboxylic acids is 1. The van der Waals surface area contributed by atoms with E-state index in [1.165, 1.54) is 0 Å². The van der Waals surface area contributed by atoms with E-state index in [9.17, 15) is 18.0 Å². The number of rotatable bonds is 7. The summed E-state index contributed by atoms with van der Waals surface area (Å²) in [6.07, 6.45) is 0.0758. The Morgan fingerprint density at radius 1 is 1.30 bits per heavy atom. The lowest BCUT2D eigenvalue weighted by atomic mass is 10.1. The minimum absolute atomic E-state index is 0.0758. The Balaban J connectivity index is 2.86. The first kappa shape index (κ1) is 16.1. The van der Waals surface area contributed by atoms with Crippen LogP contribution in [0.25, 0.3) is 0 Å². The van der Waals surface area contributed by atoms with Crippen LogP contribution >= 0.6 is 0 Å². The molecule has 0 radical (unpaired) electrons. The molecule has 0 spiro atoms. The molecule has 1 aromatic carbocycles. The molecule has 1 atom stereocenters. The number of hydrogen-bond acceptors (Lipinski definition) is 5. The summed E-state index contributed by atoms with van der Waals surface area (Å²) in [5.41, 5.74) is 0.723. The molecule has 0 heterocycles. The SMILES string of the molecule is COC(=O)C(Cc1ccccc1)NS(=O)(=O)CC(=O)O. The molecule has 0 saturated carbocycles. The van der Waals surface area contributed by atoms with Gasteiger partial charge in [0.2, 0.25) is 10.0 Å². The largest absolute Gasteiger partial charge is 0.480 e. The first-order chi connectivity index (χ1) is 9.34. The fourth-order valence-electron chi connectivity index (χ4n) is 1.59. The molecule has 0 aromatic heterocycles. The van der Waals surface area contributed by atoms with Crippen molar-refractivity contribution in [2.24, 2.45) is 0 Å². The third-order valence-electron chi connectivity index (χ3n) is 2.40. The summed E-state index contributed by atoms with van der Waals surface area (Å²) in [7, 11) is -2.97. The van der Waals surface area contributed by atoms with Crippen LogP contribution in [0.3, 0.4) is 0 Å². The number of benzene rings is 1. The van der Waals surface area contributed by atoms with Gasteiger partial charge in [-0.3, -0.25) is 9.59 Å². The molecule has 110 valence electrons. The molecule has 1 unspecified atom stereocenters.